The molecule has 3 nitrogen and oxygen atoms in total. The molecule has 0 aliphatic heterocycles. The van der Waals surface area contributed by atoms with Gasteiger partial charge < -0.3 is 4.40 Å². The highest BCUT2D eigenvalue weighted by atomic mass is 16.1. The Hall–Kier alpha value is -1.64. The number of aromatic nitrogens is 2. The molecule has 0 atom stereocenters. The highest BCUT2D eigenvalue weighted by Crippen LogP contribution is 2.09. The van der Waals surface area contributed by atoms with Crippen LogP contribution in [0.1, 0.15) is 16.3 Å². The van der Waals surface area contributed by atoms with Crippen molar-refractivity contribution in [2.75, 3.05) is 0 Å². The first-order valence-corrected chi connectivity index (χ1v) is 3.72. The van der Waals surface area contributed by atoms with Gasteiger partial charge in [0.15, 0.2) is 6.29 Å². The van der Waals surface area contributed by atoms with Crippen molar-refractivity contribution in [3.8, 4) is 0 Å². The Labute approximate surface area is 69.7 Å². The number of pyridine rings is 1. The number of fused-ring (bicyclic) bond motifs is 1. The number of aryl methyl sites for hydroxylation is 1. The lowest BCUT2D eigenvalue weighted by atomic mass is 10.3. The number of hydrogen-bond donors (Lipinski definition) is 0. The zero-order chi connectivity index (χ0) is 8.55. The van der Waals surface area contributed by atoms with E-state index in [2.05, 4.69) is 4.98 Å². The molecule has 0 radical (unpaired) electrons. The Morgan fingerprint density at radius 3 is 3.08 bits per heavy atom. The van der Waals surface area contributed by atoms with Crippen molar-refractivity contribution in [2.24, 2.45) is 0 Å². The van der Waals surface area contributed by atoms with Gasteiger partial charge in [-0.25, -0.2) is 4.98 Å². The van der Waals surface area contributed by atoms with E-state index in [1.54, 1.807) is 0 Å². The van der Waals surface area contributed by atoms with Gasteiger partial charge in [0.25, 0.3) is 0 Å². The fraction of sp³-hybridized carbons (Fsp3) is 0.111. The molecule has 0 saturated carbocycles. The Kier molecular flexibility index (Phi) is 1.43. The number of nitrogens with zero attached hydrogens (tertiary/aromatic N) is 2. The fourth-order valence-electron chi connectivity index (χ4n) is 1.31. The van der Waals surface area contributed by atoms with E-state index in [0.717, 1.165) is 17.6 Å². The van der Waals surface area contributed by atoms with Crippen LogP contribution in [0.5, 0.6) is 0 Å². The maximum Gasteiger partial charge on any atom is 0.170 e. The van der Waals surface area contributed by atoms with Gasteiger partial charge >= 0.3 is 0 Å². The van der Waals surface area contributed by atoms with Crippen LogP contribution < -0.4 is 0 Å². The van der Waals surface area contributed by atoms with E-state index in [0.29, 0.717) is 5.69 Å². The normalized spacial score (nSPS) is 10.4. The van der Waals surface area contributed by atoms with E-state index in [4.69, 9.17) is 0 Å². The molecule has 0 unspecified atom stereocenters. The van der Waals surface area contributed by atoms with Crippen LogP contribution in [-0.4, -0.2) is 15.7 Å². The third-order valence-corrected chi connectivity index (χ3v) is 1.86. The van der Waals surface area contributed by atoms with Gasteiger partial charge in [-0.1, -0.05) is 6.07 Å². The predicted octanol–water partition coefficient (Wildman–Crippen LogP) is 1.46. The van der Waals surface area contributed by atoms with Crippen LogP contribution in [0.4, 0.5) is 0 Å². The molecule has 0 spiro atoms. The number of rotatable bonds is 1. The molecule has 0 aliphatic rings. The van der Waals surface area contributed by atoms with E-state index >= 15 is 0 Å². The lowest BCUT2D eigenvalue weighted by Crippen LogP contribution is -1.84. The summed E-state index contributed by atoms with van der Waals surface area (Å²) in [7, 11) is 0. The maximum atomic E-state index is 10.6. The summed E-state index contributed by atoms with van der Waals surface area (Å²) in [5, 5.41) is 0. The molecule has 0 amide bonds. The molecule has 3 heteroatoms. The second kappa shape index (κ2) is 2.44. The molecular weight excluding hydrogens is 152 g/mol. The first-order valence-electron chi connectivity index (χ1n) is 3.72. The lowest BCUT2D eigenvalue weighted by molar-refractivity contribution is 0.112. The summed E-state index contributed by atoms with van der Waals surface area (Å²) in [5.74, 6) is 0.840. The molecule has 0 bridgehead atoms. The van der Waals surface area contributed by atoms with Crippen molar-refractivity contribution >= 4 is 11.8 Å². The molecule has 12 heavy (non-hydrogen) atoms. The summed E-state index contributed by atoms with van der Waals surface area (Å²) in [4.78, 5) is 14.7. The Bertz CT molecular complexity index is 431. The molecule has 0 saturated heterocycles. The van der Waals surface area contributed by atoms with Crippen LogP contribution >= 0.6 is 0 Å². The maximum absolute atomic E-state index is 10.6. The Balaban J connectivity index is 2.91. The number of carbonyl (C=O) groups is 1. The summed E-state index contributed by atoms with van der Waals surface area (Å²) in [6.45, 7) is 1.88. The minimum atomic E-state index is 0.508. The molecule has 2 aromatic rings. The monoisotopic (exact) mass is 160 g/mol. The van der Waals surface area contributed by atoms with Crippen LogP contribution in [0, 0.1) is 6.92 Å². The summed E-state index contributed by atoms with van der Waals surface area (Å²) >= 11 is 0. The van der Waals surface area contributed by atoms with E-state index in [9.17, 15) is 4.79 Å². The average Bonchev–Trinajstić information content (AvgIpc) is 2.44. The molecule has 2 heterocycles. The summed E-state index contributed by atoms with van der Waals surface area (Å²) in [6.07, 6.45) is 2.67. The van der Waals surface area contributed by atoms with Crippen molar-refractivity contribution < 1.29 is 4.79 Å². The van der Waals surface area contributed by atoms with Crippen molar-refractivity contribution in [1.29, 1.82) is 0 Å². The highest BCUT2D eigenvalue weighted by molar-refractivity contribution is 5.83. The molecule has 0 fully saturated rings. The van der Waals surface area contributed by atoms with Gasteiger partial charge in [-0.2, -0.15) is 0 Å². The SMILES string of the molecule is Cc1nc(C=O)c2ccccn12. The van der Waals surface area contributed by atoms with Gasteiger partial charge in [-0.05, 0) is 19.1 Å². The molecule has 60 valence electrons. The van der Waals surface area contributed by atoms with Crippen LogP contribution in [0.15, 0.2) is 24.4 Å². The van der Waals surface area contributed by atoms with Crippen LogP contribution in [0.25, 0.3) is 5.52 Å². The Morgan fingerprint density at radius 2 is 2.33 bits per heavy atom. The van der Waals surface area contributed by atoms with E-state index < -0.39 is 0 Å². The zero-order valence-corrected chi connectivity index (χ0v) is 6.69. The van der Waals surface area contributed by atoms with Crippen molar-refractivity contribution in [3.63, 3.8) is 0 Å². The van der Waals surface area contributed by atoms with Crippen LogP contribution in [0.3, 0.4) is 0 Å². The van der Waals surface area contributed by atoms with E-state index in [1.165, 1.54) is 0 Å². The zero-order valence-electron chi connectivity index (χ0n) is 6.69. The second-order valence-electron chi connectivity index (χ2n) is 2.62. The van der Waals surface area contributed by atoms with Crippen molar-refractivity contribution in [2.45, 2.75) is 6.92 Å². The number of imidazole rings is 1. The summed E-state index contributed by atoms with van der Waals surface area (Å²) in [5.41, 5.74) is 1.37. The summed E-state index contributed by atoms with van der Waals surface area (Å²) in [6, 6.07) is 5.68. The van der Waals surface area contributed by atoms with Gasteiger partial charge in [0.1, 0.15) is 11.5 Å². The quantitative estimate of drug-likeness (QED) is 0.592. The largest absolute Gasteiger partial charge is 0.303 e. The molecule has 0 aromatic carbocycles. The minimum absolute atomic E-state index is 0.508. The smallest absolute Gasteiger partial charge is 0.170 e. The van der Waals surface area contributed by atoms with Gasteiger partial charge in [0.05, 0.1) is 5.52 Å². The lowest BCUT2D eigenvalue weighted by Gasteiger charge is -1.92. The Morgan fingerprint density at radius 1 is 1.50 bits per heavy atom. The third kappa shape index (κ3) is 0.830. The van der Waals surface area contributed by atoms with Crippen molar-refractivity contribution in [1.82, 2.24) is 9.38 Å². The second-order valence-corrected chi connectivity index (χ2v) is 2.62. The third-order valence-electron chi connectivity index (χ3n) is 1.86. The van der Waals surface area contributed by atoms with Gasteiger partial charge in [0.2, 0.25) is 0 Å². The van der Waals surface area contributed by atoms with Gasteiger partial charge in [0, 0.05) is 6.20 Å². The number of aldehydes is 1. The summed E-state index contributed by atoms with van der Waals surface area (Å²) < 4.78 is 1.89. The fourth-order valence-corrected chi connectivity index (χ4v) is 1.31. The average molecular weight is 160 g/mol. The predicted molar refractivity (Wildman–Crippen MR) is 45.3 cm³/mol. The molecule has 2 rings (SSSR count). The van der Waals surface area contributed by atoms with Crippen molar-refractivity contribution in [3.05, 3.63) is 35.9 Å². The topological polar surface area (TPSA) is 34.4 Å². The highest BCUT2D eigenvalue weighted by Gasteiger charge is 2.04. The van der Waals surface area contributed by atoms with E-state index in [-0.39, 0.29) is 0 Å². The molecular formula is C9H8N2O. The van der Waals surface area contributed by atoms with Gasteiger partial charge in [-0.15, -0.1) is 0 Å². The number of hydrogen-bond acceptors (Lipinski definition) is 2. The van der Waals surface area contributed by atoms with Crippen LogP contribution in [-0.2, 0) is 0 Å². The molecule has 0 aliphatic carbocycles. The van der Waals surface area contributed by atoms with Crippen LogP contribution in [0.2, 0.25) is 0 Å². The van der Waals surface area contributed by atoms with E-state index in [1.807, 2.05) is 35.7 Å². The standard InChI is InChI=1S/C9H8N2O/c1-7-10-8(6-12)9-4-2-3-5-11(7)9/h2-6H,1H3. The number of carbonyl (C=O) groups excluding carboxylic acids is 1. The first-order chi connectivity index (χ1) is 5.83. The van der Waals surface area contributed by atoms with Gasteiger partial charge in [-0.3, -0.25) is 4.79 Å². The molecule has 0 N–H and O–H groups in total. The first kappa shape index (κ1) is 7.03. The minimum Gasteiger partial charge on any atom is -0.303 e. The molecule has 2 aromatic heterocycles.